The van der Waals surface area contributed by atoms with Gasteiger partial charge in [-0.05, 0) is 29.7 Å². The van der Waals surface area contributed by atoms with Crippen LogP contribution in [0.3, 0.4) is 0 Å². The van der Waals surface area contributed by atoms with E-state index < -0.39 is 6.04 Å². The van der Waals surface area contributed by atoms with Gasteiger partial charge in [-0.25, -0.2) is 0 Å². The van der Waals surface area contributed by atoms with Crippen LogP contribution in [0.25, 0.3) is 0 Å². The average Bonchev–Trinajstić information content (AvgIpc) is 2.58. The average molecular weight is 297 g/mol. The van der Waals surface area contributed by atoms with Crippen LogP contribution in [0.2, 0.25) is 0 Å². The Morgan fingerprint density at radius 1 is 1.05 bits per heavy atom. The quantitative estimate of drug-likeness (QED) is 0.285. The molecule has 0 saturated carbocycles. The van der Waals surface area contributed by atoms with Crippen molar-refractivity contribution in [2.45, 2.75) is 12.5 Å². The molecule has 22 heavy (non-hydrogen) atoms. The molecular formula is C16H19N5O. The van der Waals surface area contributed by atoms with Crippen molar-refractivity contribution in [2.75, 3.05) is 18.4 Å². The third-order valence-electron chi connectivity index (χ3n) is 3.37. The van der Waals surface area contributed by atoms with Crippen LogP contribution in [0.15, 0.2) is 65.0 Å². The van der Waals surface area contributed by atoms with Crippen LogP contribution >= 0.6 is 0 Å². The molecule has 6 nitrogen and oxygen atoms in total. The van der Waals surface area contributed by atoms with Gasteiger partial charge in [0.2, 0.25) is 0 Å². The molecule has 0 spiro atoms. The normalized spacial score (nSPS) is 11.5. The van der Waals surface area contributed by atoms with Crippen LogP contribution in [0.1, 0.15) is 17.2 Å². The number of rotatable bonds is 9. The molecule has 2 rings (SSSR count). The van der Waals surface area contributed by atoms with E-state index in [-0.39, 0.29) is 0 Å². The van der Waals surface area contributed by atoms with Gasteiger partial charge in [0.05, 0.1) is 0 Å². The molecule has 0 fully saturated rings. The van der Waals surface area contributed by atoms with Crippen LogP contribution in [-0.4, -0.2) is 13.1 Å². The zero-order chi connectivity index (χ0) is 15.6. The molecule has 2 aromatic rings. The molecular weight excluding hydrogens is 278 g/mol. The Hall–Kier alpha value is -2.76. The summed E-state index contributed by atoms with van der Waals surface area (Å²) in [6, 6.07) is 17.1. The van der Waals surface area contributed by atoms with Crippen molar-refractivity contribution in [3.63, 3.8) is 0 Å². The minimum atomic E-state index is -0.399. The fraction of sp³-hybridized carbons (Fsp3) is 0.250. The lowest BCUT2D eigenvalue weighted by Crippen LogP contribution is -2.11. The first-order chi connectivity index (χ1) is 10.8. The lowest BCUT2D eigenvalue weighted by molar-refractivity contribution is 0.669. The lowest BCUT2D eigenvalue weighted by Gasteiger charge is -2.12. The molecule has 114 valence electrons. The van der Waals surface area contributed by atoms with E-state index in [9.17, 15) is 4.91 Å². The maximum absolute atomic E-state index is 11.0. The highest BCUT2D eigenvalue weighted by molar-refractivity contribution is 5.45. The van der Waals surface area contributed by atoms with Gasteiger partial charge in [-0.1, -0.05) is 52.9 Å². The highest BCUT2D eigenvalue weighted by atomic mass is 16.3. The highest BCUT2D eigenvalue weighted by Crippen LogP contribution is 2.18. The molecule has 2 aromatic carbocycles. The largest absolute Gasteiger partial charge is 0.382 e. The summed E-state index contributed by atoms with van der Waals surface area (Å²) >= 11 is 0. The van der Waals surface area contributed by atoms with Gasteiger partial charge in [-0.2, -0.15) is 10.4 Å². The molecule has 0 heterocycles. The minimum Gasteiger partial charge on any atom is -0.382 e. The molecule has 6 heteroatoms. The van der Waals surface area contributed by atoms with Crippen molar-refractivity contribution < 1.29 is 0 Å². The van der Waals surface area contributed by atoms with E-state index in [0.717, 1.165) is 23.2 Å². The smallest absolute Gasteiger partial charge is 0.134 e. The number of hydrogen-bond acceptors (Lipinski definition) is 5. The van der Waals surface area contributed by atoms with Crippen LogP contribution in [0.4, 0.5) is 5.69 Å². The van der Waals surface area contributed by atoms with Gasteiger partial charge in [0.1, 0.15) is 6.04 Å². The summed E-state index contributed by atoms with van der Waals surface area (Å²) in [7, 11) is 0. The number of nitrogens with one attached hydrogen (secondary N) is 3. The van der Waals surface area contributed by atoms with E-state index in [1.807, 2.05) is 54.6 Å². The summed E-state index contributed by atoms with van der Waals surface area (Å²) in [5, 5.41) is 9.53. The van der Waals surface area contributed by atoms with Crippen LogP contribution in [-0.2, 0) is 6.42 Å². The standard InChI is InChI=1S/C16H19N5O/c17-21-19-11-10-13-6-8-15(9-7-13)18-12-16(20-22)14-4-2-1-3-5-14/h1-9,16,18H,10-12H2,(H2,17,19). The third kappa shape index (κ3) is 4.66. The van der Waals surface area contributed by atoms with Crippen molar-refractivity contribution in [3.05, 3.63) is 70.6 Å². The first kappa shape index (κ1) is 15.6. The summed E-state index contributed by atoms with van der Waals surface area (Å²) in [5.74, 6) is 0. The molecule has 0 aliphatic carbocycles. The number of benzene rings is 2. The van der Waals surface area contributed by atoms with Gasteiger partial charge in [-0.15, -0.1) is 0 Å². The van der Waals surface area contributed by atoms with Crippen molar-refractivity contribution in [1.82, 2.24) is 5.43 Å². The maximum Gasteiger partial charge on any atom is 0.134 e. The number of nitroso groups, excluding NO2 is 1. The summed E-state index contributed by atoms with van der Waals surface area (Å²) in [6.07, 6.45) is 0.811. The lowest BCUT2D eigenvalue weighted by atomic mass is 10.1. The van der Waals surface area contributed by atoms with E-state index in [1.165, 1.54) is 0 Å². The highest BCUT2D eigenvalue weighted by Gasteiger charge is 2.10. The van der Waals surface area contributed by atoms with Crippen LogP contribution in [0, 0.1) is 10.4 Å². The minimum absolute atomic E-state index is 0.399. The van der Waals surface area contributed by atoms with E-state index in [0.29, 0.717) is 13.1 Å². The molecule has 0 aromatic heterocycles. The molecule has 0 aliphatic rings. The molecule has 0 bridgehead atoms. The van der Waals surface area contributed by atoms with Gasteiger partial charge in [0.15, 0.2) is 0 Å². The second-order valence-electron chi connectivity index (χ2n) is 4.88. The molecule has 0 aliphatic heterocycles. The SMILES string of the molecule is N=NNCCc1ccc(NCC(N=O)c2ccccc2)cc1. The van der Waals surface area contributed by atoms with Gasteiger partial charge in [0, 0.05) is 18.8 Å². The first-order valence-corrected chi connectivity index (χ1v) is 7.13. The number of nitrogens with zero attached hydrogens (tertiary/aromatic N) is 2. The van der Waals surface area contributed by atoms with Gasteiger partial charge < -0.3 is 5.32 Å². The molecule has 1 unspecified atom stereocenters. The zero-order valence-corrected chi connectivity index (χ0v) is 12.2. The van der Waals surface area contributed by atoms with E-state index >= 15 is 0 Å². The summed E-state index contributed by atoms with van der Waals surface area (Å²) in [4.78, 5) is 11.0. The van der Waals surface area contributed by atoms with Gasteiger partial charge in [-0.3, -0.25) is 5.43 Å². The number of anilines is 1. The second-order valence-corrected chi connectivity index (χ2v) is 4.88. The summed E-state index contributed by atoms with van der Waals surface area (Å²) in [5.41, 5.74) is 12.3. The fourth-order valence-corrected chi connectivity index (χ4v) is 2.15. The van der Waals surface area contributed by atoms with Crippen molar-refractivity contribution in [2.24, 2.45) is 10.4 Å². The second kappa shape index (κ2) is 8.51. The maximum atomic E-state index is 11.0. The topological polar surface area (TPSA) is 89.7 Å². The summed E-state index contributed by atoms with van der Waals surface area (Å²) in [6.45, 7) is 1.10. The summed E-state index contributed by atoms with van der Waals surface area (Å²) < 4.78 is 0. The van der Waals surface area contributed by atoms with Gasteiger partial charge in [0.25, 0.3) is 0 Å². The van der Waals surface area contributed by atoms with Crippen LogP contribution < -0.4 is 10.7 Å². The Bertz CT molecular complexity index is 585. The Kier molecular flexibility index (Phi) is 6.04. The third-order valence-corrected chi connectivity index (χ3v) is 3.37. The predicted octanol–water partition coefficient (Wildman–Crippen LogP) is 3.68. The number of hydrogen-bond donors (Lipinski definition) is 3. The van der Waals surface area contributed by atoms with Gasteiger partial charge >= 0.3 is 0 Å². The molecule has 1 atom stereocenters. The predicted molar refractivity (Wildman–Crippen MR) is 86.8 cm³/mol. The Labute approximate surface area is 129 Å². The Morgan fingerprint density at radius 2 is 1.77 bits per heavy atom. The molecule has 3 N–H and O–H groups in total. The van der Waals surface area contributed by atoms with E-state index in [4.69, 9.17) is 5.53 Å². The Morgan fingerprint density at radius 3 is 2.41 bits per heavy atom. The van der Waals surface area contributed by atoms with E-state index in [1.54, 1.807) is 0 Å². The van der Waals surface area contributed by atoms with E-state index in [2.05, 4.69) is 21.1 Å². The van der Waals surface area contributed by atoms with Crippen LogP contribution in [0.5, 0.6) is 0 Å². The zero-order valence-electron chi connectivity index (χ0n) is 12.2. The molecule has 0 radical (unpaired) electrons. The Balaban J connectivity index is 1.88. The fourth-order valence-electron chi connectivity index (χ4n) is 2.15. The van der Waals surface area contributed by atoms with Crippen molar-refractivity contribution in [3.8, 4) is 0 Å². The molecule has 0 saturated heterocycles. The van der Waals surface area contributed by atoms with Crippen molar-refractivity contribution in [1.29, 1.82) is 5.53 Å². The first-order valence-electron chi connectivity index (χ1n) is 7.13. The molecule has 0 amide bonds. The monoisotopic (exact) mass is 297 g/mol. The van der Waals surface area contributed by atoms with Crippen molar-refractivity contribution >= 4 is 5.69 Å².